The van der Waals surface area contributed by atoms with Gasteiger partial charge in [-0.1, -0.05) is 0 Å². The topological polar surface area (TPSA) is 115 Å². The first-order chi connectivity index (χ1) is 18.5. The SMILES string of the molecule is O=C(NCc1cc(-c2ccc(OC(F)(F)F)cc2)ncn1)[C@@H]1CCCN1S(=O)(=O)c1cc2cc(F)ccc2o1. The predicted molar refractivity (Wildman–Crippen MR) is 129 cm³/mol. The molecule has 1 aliphatic heterocycles. The number of hydrogen-bond acceptors (Lipinski definition) is 7. The van der Waals surface area contributed by atoms with E-state index in [4.69, 9.17) is 4.42 Å². The molecule has 39 heavy (non-hydrogen) atoms. The van der Waals surface area contributed by atoms with Gasteiger partial charge < -0.3 is 14.5 Å². The molecule has 0 radical (unpaired) electrons. The molecule has 14 heteroatoms. The summed E-state index contributed by atoms with van der Waals surface area (Å²) in [6.07, 6.45) is -2.81. The lowest BCUT2D eigenvalue weighted by Crippen LogP contribution is -2.45. The smallest absolute Gasteiger partial charge is 0.443 e. The standard InChI is InChI=1S/C25H20F4N4O5S/c26-17-5-8-22-16(10-17)11-23(37-22)39(35,36)33-9-1-2-21(33)24(34)30-13-18-12-20(32-14-31-18)15-3-6-19(7-4-15)38-25(27,28)29/h3-8,10-12,14,21H,1-2,9,13H2,(H,30,34)/t21-/m0/s1. The van der Waals surface area contributed by atoms with Crippen molar-refractivity contribution in [3.8, 4) is 17.0 Å². The minimum absolute atomic E-state index is 0.0437. The first kappa shape index (κ1) is 26.6. The Morgan fingerprint density at radius 2 is 1.87 bits per heavy atom. The van der Waals surface area contributed by atoms with Crippen LogP contribution in [0.2, 0.25) is 0 Å². The highest BCUT2D eigenvalue weighted by atomic mass is 32.2. The highest BCUT2D eigenvalue weighted by Crippen LogP contribution is 2.31. The van der Waals surface area contributed by atoms with E-state index in [0.29, 0.717) is 29.8 Å². The fourth-order valence-corrected chi connectivity index (χ4v) is 5.91. The van der Waals surface area contributed by atoms with Crippen LogP contribution >= 0.6 is 0 Å². The third-order valence-electron chi connectivity index (χ3n) is 6.08. The summed E-state index contributed by atoms with van der Waals surface area (Å²) in [5, 5.41) is 2.59. The zero-order valence-corrected chi connectivity index (χ0v) is 20.8. The van der Waals surface area contributed by atoms with E-state index in [-0.39, 0.29) is 34.9 Å². The zero-order chi connectivity index (χ0) is 27.8. The van der Waals surface area contributed by atoms with Gasteiger partial charge >= 0.3 is 6.36 Å². The molecule has 4 aromatic rings. The lowest BCUT2D eigenvalue weighted by atomic mass is 10.1. The van der Waals surface area contributed by atoms with Crippen molar-refractivity contribution in [2.24, 2.45) is 0 Å². The molecule has 1 saturated heterocycles. The Labute approximate surface area is 219 Å². The van der Waals surface area contributed by atoms with Crippen molar-refractivity contribution < 1.29 is 39.9 Å². The molecule has 0 aliphatic carbocycles. The molecule has 5 rings (SSSR count). The molecule has 2 aromatic carbocycles. The van der Waals surface area contributed by atoms with E-state index in [2.05, 4.69) is 20.0 Å². The summed E-state index contributed by atoms with van der Waals surface area (Å²) < 4.78 is 87.5. The Balaban J connectivity index is 1.26. The van der Waals surface area contributed by atoms with Crippen molar-refractivity contribution in [3.05, 3.63) is 72.4 Å². The number of furan rings is 1. The van der Waals surface area contributed by atoms with Crippen LogP contribution in [0.15, 0.2) is 70.4 Å². The largest absolute Gasteiger partial charge is 0.573 e. The number of alkyl halides is 3. The Morgan fingerprint density at radius 1 is 1.10 bits per heavy atom. The molecule has 1 fully saturated rings. The van der Waals surface area contributed by atoms with Gasteiger partial charge in [-0.25, -0.2) is 22.8 Å². The average Bonchev–Trinajstić information content (AvgIpc) is 3.55. The van der Waals surface area contributed by atoms with Crippen LogP contribution in [0.25, 0.3) is 22.2 Å². The lowest BCUT2D eigenvalue weighted by molar-refractivity contribution is -0.274. The normalized spacial score (nSPS) is 16.5. The molecule has 204 valence electrons. The van der Waals surface area contributed by atoms with E-state index >= 15 is 0 Å². The van der Waals surface area contributed by atoms with Crippen molar-refractivity contribution >= 4 is 26.9 Å². The van der Waals surface area contributed by atoms with Gasteiger partial charge in [0.2, 0.25) is 11.0 Å². The van der Waals surface area contributed by atoms with Crippen molar-refractivity contribution in [2.45, 2.75) is 36.9 Å². The van der Waals surface area contributed by atoms with Crippen molar-refractivity contribution in [1.82, 2.24) is 19.6 Å². The van der Waals surface area contributed by atoms with Crippen LogP contribution in [0.4, 0.5) is 17.6 Å². The van der Waals surface area contributed by atoms with Gasteiger partial charge in [0, 0.05) is 23.6 Å². The third-order valence-corrected chi connectivity index (χ3v) is 7.84. The van der Waals surface area contributed by atoms with E-state index in [9.17, 15) is 30.8 Å². The van der Waals surface area contributed by atoms with Gasteiger partial charge in [-0.3, -0.25) is 4.79 Å². The quantitative estimate of drug-likeness (QED) is 0.331. The number of carbonyl (C=O) groups excluding carboxylic acids is 1. The zero-order valence-electron chi connectivity index (χ0n) is 20.0. The number of aromatic nitrogens is 2. The summed E-state index contributed by atoms with van der Waals surface area (Å²) in [5.41, 5.74) is 1.51. The van der Waals surface area contributed by atoms with Crippen LogP contribution in [-0.4, -0.2) is 47.5 Å². The van der Waals surface area contributed by atoms with Crippen molar-refractivity contribution in [1.29, 1.82) is 0 Å². The van der Waals surface area contributed by atoms with E-state index in [1.165, 1.54) is 30.6 Å². The molecule has 9 nitrogen and oxygen atoms in total. The second kappa shape index (κ2) is 10.3. The third kappa shape index (κ3) is 5.86. The van der Waals surface area contributed by atoms with Crippen LogP contribution in [0.3, 0.4) is 0 Å². The summed E-state index contributed by atoms with van der Waals surface area (Å²) in [4.78, 5) is 21.2. The summed E-state index contributed by atoms with van der Waals surface area (Å²) in [7, 11) is -4.17. The fourth-order valence-electron chi connectivity index (χ4n) is 4.30. The number of amides is 1. The maximum absolute atomic E-state index is 13.5. The molecule has 0 saturated carbocycles. The molecule has 0 unspecified atom stereocenters. The monoisotopic (exact) mass is 564 g/mol. The van der Waals surface area contributed by atoms with E-state index in [0.717, 1.165) is 28.6 Å². The maximum Gasteiger partial charge on any atom is 0.573 e. The first-order valence-corrected chi connectivity index (χ1v) is 13.1. The van der Waals surface area contributed by atoms with Gasteiger partial charge in [-0.15, -0.1) is 13.2 Å². The number of rotatable bonds is 7. The molecule has 0 bridgehead atoms. The Kier molecular flexibility index (Phi) is 6.99. The van der Waals surface area contributed by atoms with Gasteiger partial charge in [0.05, 0.1) is 17.9 Å². The van der Waals surface area contributed by atoms with Crippen LogP contribution in [0.1, 0.15) is 18.5 Å². The molecular weight excluding hydrogens is 544 g/mol. The van der Waals surface area contributed by atoms with Crippen molar-refractivity contribution in [3.63, 3.8) is 0 Å². The highest BCUT2D eigenvalue weighted by molar-refractivity contribution is 7.89. The number of nitrogens with one attached hydrogen (secondary N) is 1. The fraction of sp³-hybridized carbons (Fsp3) is 0.240. The number of benzene rings is 2. The van der Waals surface area contributed by atoms with Crippen LogP contribution in [0, 0.1) is 5.82 Å². The molecular formula is C25H20F4N4O5S. The summed E-state index contributed by atoms with van der Waals surface area (Å²) >= 11 is 0. The Morgan fingerprint density at radius 3 is 2.62 bits per heavy atom. The van der Waals surface area contributed by atoms with Crippen LogP contribution < -0.4 is 10.1 Å². The maximum atomic E-state index is 13.5. The number of nitrogens with zero attached hydrogens (tertiary/aromatic N) is 3. The Hall–Kier alpha value is -4.04. The number of halogens is 4. The van der Waals surface area contributed by atoms with Gasteiger partial charge in [-0.05, 0) is 61.4 Å². The number of sulfonamides is 1. The summed E-state index contributed by atoms with van der Waals surface area (Å²) in [6.45, 7) is 0.0649. The molecule has 1 amide bonds. The van der Waals surface area contributed by atoms with E-state index in [1.54, 1.807) is 6.07 Å². The summed E-state index contributed by atoms with van der Waals surface area (Å²) in [5.74, 6) is -1.45. The van der Waals surface area contributed by atoms with Gasteiger partial charge in [0.15, 0.2) is 0 Å². The highest BCUT2D eigenvalue weighted by Gasteiger charge is 2.41. The van der Waals surface area contributed by atoms with Crippen LogP contribution in [-0.2, 0) is 21.4 Å². The molecule has 2 aromatic heterocycles. The van der Waals surface area contributed by atoms with Crippen LogP contribution in [0.5, 0.6) is 5.75 Å². The Bertz CT molecular complexity index is 1620. The van der Waals surface area contributed by atoms with E-state index in [1.807, 2.05) is 0 Å². The number of carbonyl (C=O) groups is 1. The first-order valence-electron chi connectivity index (χ1n) is 11.7. The van der Waals surface area contributed by atoms with E-state index < -0.39 is 34.2 Å². The number of hydrogen-bond donors (Lipinski definition) is 1. The van der Waals surface area contributed by atoms with Gasteiger partial charge in [-0.2, -0.15) is 4.31 Å². The number of ether oxygens (including phenoxy) is 1. The number of fused-ring (bicyclic) bond motifs is 1. The van der Waals surface area contributed by atoms with Gasteiger partial charge in [0.1, 0.15) is 29.5 Å². The second-order valence-corrected chi connectivity index (χ2v) is 10.5. The lowest BCUT2D eigenvalue weighted by Gasteiger charge is -2.22. The summed E-state index contributed by atoms with van der Waals surface area (Å²) in [6, 6.07) is 10.6. The van der Waals surface area contributed by atoms with Gasteiger partial charge in [0.25, 0.3) is 10.0 Å². The minimum atomic E-state index is -4.80. The van der Waals surface area contributed by atoms with Crippen molar-refractivity contribution in [2.75, 3.05) is 6.54 Å². The molecule has 3 heterocycles. The molecule has 1 aliphatic rings. The average molecular weight is 565 g/mol. The minimum Gasteiger partial charge on any atom is -0.443 e. The molecule has 1 N–H and O–H groups in total. The molecule has 1 atom stereocenters. The molecule has 0 spiro atoms. The predicted octanol–water partition coefficient (Wildman–Crippen LogP) is 4.40. The second-order valence-electron chi connectivity index (χ2n) is 8.71.